The van der Waals surface area contributed by atoms with Crippen LogP contribution in [0.15, 0.2) is 33.7 Å². The van der Waals surface area contributed by atoms with Crippen LogP contribution in [0.1, 0.15) is 23.1 Å². The third kappa shape index (κ3) is 3.80. The van der Waals surface area contributed by atoms with Gasteiger partial charge in [-0.2, -0.15) is 4.31 Å². The van der Waals surface area contributed by atoms with Crippen molar-refractivity contribution in [3.05, 3.63) is 47.1 Å². The number of hydrogen-bond donors (Lipinski definition) is 1. The smallest absolute Gasteiger partial charge is 0.248 e. The first-order valence-electron chi connectivity index (χ1n) is 8.38. The predicted octanol–water partition coefficient (Wildman–Crippen LogP) is 1.47. The number of β-amino-alcohol motifs (C(OH)–C–C–N with tert-alkyl or cyclic N) is 1. The maximum atomic E-state index is 13.3. The lowest BCUT2D eigenvalue weighted by atomic mass is 10.1. The highest BCUT2D eigenvalue weighted by Gasteiger charge is 2.33. The van der Waals surface area contributed by atoms with Crippen molar-refractivity contribution in [1.82, 2.24) is 14.4 Å². The van der Waals surface area contributed by atoms with Gasteiger partial charge in [-0.05, 0) is 31.5 Å². The molecule has 9 heteroatoms. The Morgan fingerprint density at radius 2 is 1.96 bits per heavy atom. The number of halogens is 1. The van der Waals surface area contributed by atoms with Gasteiger partial charge < -0.3 is 9.63 Å². The second-order valence-electron chi connectivity index (χ2n) is 6.43. The second-order valence-corrected chi connectivity index (χ2v) is 8.30. The molecule has 2 heterocycles. The summed E-state index contributed by atoms with van der Waals surface area (Å²) in [5.74, 6) is -0.108. The number of aryl methyl sites for hydroxylation is 2. The second kappa shape index (κ2) is 7.43. The maximum Gasteiger partial charge on any atom is 0.248 e. The molecule has 1 aromatic heterocycles. The van der Waals surface area contributed by atoms with Gasteiger partial charge in [-0.3, -0.25) is 4.90 Å². The number of sulfonamides is 1. The third-order valence-corrected chi connectivity index (χ3v) is 6.71. The molecular weight excluding hydrogens is 361 g/mol. The van der Waals surface area contributed by atoms with E-state index in [1.165, 1.54) is 16.4 Å². The average molecular weight is 383 g/mol. The Hall–Kier alpha value is -1.81. The van der Waals surface area contributed by atoms with Gasteiger partial charge in [0.15, 0.2) is 5.76 Å². The SMILES string of the molecule is Cc1noc(C)c1S(=O)(=O)N1CCN(C[C@H](O)c2cccc(F)c2)CC1. The topological polar surface area (TPSA) is 86.9 Å². The number of piperazine rings is 1. The molecule has 0 spiro atoms. The van der Waals surface area contributed by atoms with Crippen LogP contribution in [0.25, 0.3) is 0 Å². The summed E-state index contributed by atoms with van der Waals surface area (Å²) in [5, 5.41) is 14.0. The van der Waals surface area contributed by atoms with Crippen molar-refractivity contribution in [2.45, 2.75) is 24.8 Å². The van der Waals surface area contributed by atoms with Crippen molar-refractivity contribution < 1.29 is 22.4 Å². The van der Waals surface area contributed by atoms with E-state index in [9.17, 15) is 17.9 Å². The standard InChI is InChI=1S/C17H22FN3O4S/c1-12-17(13(2)25-19-12)26(23,24)21-8-6-20(7-9-21)11-16(22)14-4-3-5-15(18)10-14/h3-5,10,16,22H,6-9,11H2,1-2H3/t16-/m0/s1. The summed E-state index contributed by atoms with van der Waals surface area (Å²) in [4.78, 5) is 2.10. The molecule has 1 atom stereocenters. The highest BCUT2D eigenvalue weighted by atomic mass is 32.2. The Morgan fingerprint density at radius 1 is 1.27 bits per heavy atom. The number of rotatable bonds is 5. The monoisotopic (exact) mass is 383 g/mol. The van der Waals surface area contributed by atoms with Crippen LogP contribution in [0.3, 0.4) is 0 Å². The Balaban J connectivity index is 1.62. The quantitative estimate of drug-likeness (QED) is 0.841. The largest absolute Gasteiger partial charge is 0.387 e. The fourth-order valence-corrected chi connectivity index (χ4v) is 4.90. The molecule has 1 aliphatic heterocycles. The first-order valence-corrected chi connectivity index (χ1v) is 9.82. The summed E-state index contributed by atoms with van der Waals surface area (Å²) in [6.45, 7) is 5.09. The third-order valence-electron chi connectivity index (χ3n) is 4.56. The number of nitrogens with zero attached hydrogens (tertiary/aromatic N) is 3. The molecule has 1 saturated heterocycles. The molecule has 0 aliphatic carbocycles. The molecule has 1 aliphatic rings. The van der Waals surface area contributed by atoms with E-state index in [1.807, 2.05) is 4.90 Å². The van der Waals surface area contributed by atoms with Crippen molar-refractivity contribution in [3.63, 3.8) is 0 Å². The molecule has 0 bridgehead atoms. The van der Waals surface area contributed by atoms with Crippen molar-refractivity contribution >= 4 is 10.0 Å². The molecular formula is C17H22FN3O4S. The van der Waals surface area contributed by atoms with Crippen molar-refractivity contribution in [2.24, 2.45) is 0 Å². The molecule has 0 saturated carbocycles. The normalized spacial score (nSPS) is 18.2. The van der Waals surface area contributed by atoms with Gasteiger partial charge in [0.25, 0.3) is 0 Å². The van der Waals surface area contributed by atoms with Crippen LogP contribution in [-0.4, -0.2) is 60.6 Å². The average Bonchev–Trinajstić information content (AvgIpc) is 2.94. The molecule has 1 fully saturated rings. The fraction of sp³-hybridized carbons (Fsp3) is 0.471. The molecule has 1 N–H and O–H groups in total. The van der Waals surface area contributed by atoms with Crippen LogP contribution < -0.4 is 0 Å². The van der Waals surface area contributed by atoms with Crippen LogP contribution >= 0.6 is 0 Å². The first kappa shape index (κ1) is 19.0. The van der Waals surface area contributed by atoms with E-state index < -0.39 is 21.9 Å². The molecule has 2 aromatic rings. The Labute approximate surface area is 152 Å². The van der Waals surface area contributed by atoms with Crippen molar-refractivity contribution in [2.75, 3.05) is 32.7 Å². The molecule has 26 heavy (non-hydrogen) atoms. The molecule has 1 aromatic carbocycles. The number of aliphatic hydroxyl groups excluding tert-OH is 1. The van der Waals surface area contributed by atoms with Gasteiger partial charge in [0.1, 0.15) is 16.4 Å². The van der Waals surface area contributed by atoms with E-state index in [2.05, 4.69) is 5.16 Å². The zero-order valence-corrected chi connectivity index (χ0v) is 15.5. The van der Waals surface area contributed by atoms with E-state index >= 15 is 0 Å². The number of aromatic nitrogens is 1. The summed E-state index contributed by atoms with van der Waals surface area (Å²) in [6.07, 6.45) is -0.823. The Kier molecular flexibility index (Phi) is 5.42. The molecule has 142 valence electrons. The molecule has 0 radical (unpaired) electrons. The maximum absolute atomic E-state index is 13.3. The number of benzene rings is 1. The highest BCUT2D eigenvalue weighted by molar-refractivity contribution is 7.89. The Bertz CT molecular complexity index is 856. The molecule has 0 unspecified atom stereocenters. The van der Waals surface area contributed by atoms with Gasteiger partial charge in [-0.25, -0.2) is 12.8 Å². The van der Waals surface area contributed by atoms with Gasteiger partial charge >= 0.3 is 0 Å². The highest BCUT2D eigenvalue weighted by Crippen LogP contribution is 2.24. The lowest BCUT2D eigenvalue weighted by Crippen LogP contribution is -2.49. The van der Waals surface area contributed by atoms with Gasteiger partial charge in [0.05, 0.1) is 6.10 Å². The minimum absolute atomic E-state index is 0.130. The Morgan fingerprint density at radius 3 is 2.54 bits per heavy atom. The van der Waals surface area contributed by atoms with Crippen LogP contribution in [-0.2, 0) is 10.0 Å². The van der Waals surface area contributed by atoms with Crippen LogP contribution in [0.5, 0.6) is 0 Å². The lowest BCUT2D eigenvalue weighted by Gasteiger charge is -2.34. The van der Waals surface area contributed by atoms with Crippen LogP contribution in [0, 0.1) is 19.7 Å². The number of hydrogen-bond acceptors (Lipinski definition) is 6. The predicted molar refractivity (Wildman–Crippen MR) is 92.5 cm³/mol. The lowest BCUT2D eigenvalue weighted by molar-refractivity contribution is 0.0919. The summed E-state index contributed by atoms with van der Waals surface area (Å²) >= 11 is 0. The van der Waals surface area contributed by atoms with E-state index in [-0.39, 0.29) is 10.7 Å². The van der Waals surface area contributed by atoms with Gasteiger partial charge in [-0.1, -0.05) is 17.3 Å². The first-order chi connectivity index (χ1) is 12.3. The van der Waals surface area contributed by atoms with E-state index in [1.54, 1.807) is 26.0 Å². The molecule has 7 nitrogen and oxygen atoms in total. The van der Waals surface area contributed by atoms with Gasteiger partial charge in [-0.15, -0.1) is 0 Å². The van der Waals surface area contributed by atoms with Crippen LogP contribution in [0.4, 0.5) is 4.39 Å². The fourth-order valence-electron chi connectivity index (χ4n) is 3.19. The summed E-state index contributed by atoms with van der Waals surface area (Å²) < 4.78 is 45.2. The van der Waals surface area contributed by atoms with Gasteiger partial charge in [0.2, 0.25) is 10.0 Å². The van der Waals surface area contributed by atoms with E-state index in [4.69, 9.17) is 4.52 Å². The summed E-state index contributed by atoms with van der Waals surface area (Å²) in [6, 6.07) is 5.87. The van der Waals surface area contributed by atoms with Crippen molar-refractivity contribution in [1.29, 1.82) is 0 Å². The minimum Gasteiger partial charge on any atom is -0.387 e. The van der Waals surface area contributed by atoms with E-state index in [0.29, 0.717) is 44.0 Å². The van der Waals surface area contributed by atoms with E-state index in [0.717, 1.165) is 0 Å². The summed E-state index contributed by atoms with van der Waals surface area (Å²) in [5.41, 5.74) is 0.863. The molecule has 0 amide bonds. The zero-order chi connectivity index (χ0) is 18.9. The van der Waals surface area contributed by atoms with Gasteiger partial charge in [0, 0.05) is 32.7 Å². The molecule has 3 rings (SSSR count). The number of aliphatic hydroxyl groups is 1. The minimum atomic E-state index is -3.65. The van der Waals surface area contributed by atoms with Crippen LogP contribution in [0.2, 0.25) is 0 Å². The van der Waals surface area contributed by atoms with Crippen molar-refractivity contribution in [3.8, 4) is 0 Å². The summed E-state index contributed by atoms with van der Waals surface area (Å²) in [7, 11) is -3.65. The zero-order valence-electron chi connectivity index (χ0n) is 14.7.